The van der Waals surface area contributed by atoms with E-state index in [1.54, 1.807) is 23.5 Å². The highest BCUT2D eigenvalue weighted by Gasteiger charge is 2.18. The maximum atomic E-state index is 12.5. The molecule has 2 heterocycles. The molecule has 0 aliphatic carbocycles. The molecule has 2 N–H and O–H groups in total. The zero-order valence-corrected chi connectivity index (χ0v) is 17.5. The first kappa shape index (κ1) is 20.9. The highest BCUT2D eigenvalue weighted by atomic mass is 32.1. The molecule has 1 aromatic carbocycles. The summed E-state index contributed by atoms with van der Waals surface area (Å²) in [4.78, 5) is 25.5. The fraction of sp³-hybridized carbons (Fsp3) is 0.304. The monoisotopic (exact) mass is 410 g/mol. The van der Waals surface area contributed by atoms with Crippen molar-refractivity contribution in [1.29, 1.82) is 0 Å². The van der Waals surface area contributed by atoms with Crippen LogP contribution in [-0.2, 0) is 4.79 Å². The fourth-order valence-corrected chi connectivity index (χ4v) is 3.85. The number of furan rings is 1. The van der Waals surface area contributed by atoms with E-state index in [2.05, 4.69) is 48.7 Å². The lowest BCUT2D eigenvalue weighted by molar-refractivity contribution is -0.121. The van der Waals surface area contributed by atoms with E-state index in [0.717, 1.165) is 16.9 Å². The first-order valence-corrected chi connectivity index (χ1v) is 10.7. The van der Waals surface area contributed by atoms with E-state index in [4.69, 9.17) is 4.42 Å². The third-order valence-electron chi connectivity index (χ3n) is 4.97. The molecule has 152 valence electrons. The first-order chi connectivity index (χ1) is 14.1. The number of hydrogen-bond donors (Lipinski definition) is 2. The number of rotatable bonds is 9. The zero-order chi connectivity index (χ0) is 20.6. The van der Waals surface area contributed by atoms with Gasteiger partial charge in [0.15, 0.2) is 5.76 Å². The molecule has 0 saturated carbocycles. The van der Waals surface area contributed by atoms with Gasteiger partial charge in [0.2, 0.25) is 5.91 Å². The summed E-state index contributed by atoms with van der Waals surface area (Å²) in [6.07, 6.45) is 2.73. The molecule has 0 saturated heterocycles. The molecule has 2 aromatic heterocycles. The topological polar surface area (TPSA) is 71.3 Å². The van der Waals surface area contributed by atoms with Crippen molar-refractivity contribution >= 4 is 23.2 Å². The molecule has 0 fully saturated rings. The number of carbonyl (C=O) groups excluding carboxylic acids is 2. The van der Waals surface area contributed by atoms with Gasteiger partial charge < -0.3 is 15.1 Å². The third-order valence-corrected chi connectivity index (χ3v) is 5.90. The minimum atomic E-state index is -0.321. The maximum Gasteiger partial charge on any atom is 0.286 e. The van der Waals surface area contributed by atoms with Crippen molar-refractivity contribution in [1.82, 2.24) is 10.6 Å². The Balaban J connectivity index is 1.62. The maximum absolute atomic E-state index is 12.5. The standard InChI is InChI=1S/C23H26N2O3S/c1-3-16(2)17-8-10-18(11-9-17)22(20-7-5-15-29-20)25-21(26)12-13-24-23(27)19-6-4-14-28-19/h4-11,14-16,22H,3,12-13H2,1-2H3,(H,24,27)(H,25,26). The summed E-state index contributed by atoms with van der Waals surface area (Å²) in [6.45, 7) is 4.64. The van der Waals surface area contributed by atoms with E-state index in [9.17, 15) is 9.59 Å². The van der Waals surface area contributed by atoms with Crippen molar-refractivity contribution in [3.63, 3.8) is 0 Å². The van der Waals surface area contributed by atoms with E-state index >= 15 is 0 Å². The van der Waals surface area contributed by atoms with Crippen LogP contribution in [0, 0.1) is 0 Å². The van der Waals surface area contributed by atoms with E-state index in [1.165, 1.54) is 11.8 Å². The number of nitrogens with one attached hydrogen (secondary N) is 2. The van der Waals surface area contributed by atoms with E-state index in [-0.39, 0.29) is 36.6 Å². The second-order valence-corrected chi connectivity index (χ2v) is 7.95. The lowest BCUT2D eigenvalue weighted by Crippen LogP contribution is -2.33. The second kappa shape index (κ2) is 10.1. The number of hydrogen-bond acceptors (Lipinski definition) is 4. The lowest BCUT2D eigenvalue weighted by Gasteiger charge is -2.19. The Bertz CT molecular complexity index is 902. The summed E-state index contributed by atoms with van der Waals surface area (Å²) >= 11 is 1.61. The van der Waals surface area contributed by atoms with Crippen molar-refractivity contribution in [3.8, 4) is 0 Å². The summed E-state index contributed by atoms with van der Waals surface area (Å²) < 4.78 is 5.05. The third kappa shape index (κ3) is 5.57. The largest absolute Gasteiger partial charge is 0.459 e. The normalized spacial score (nSPS) is 12.9. The Labute approximate surface area is 175 Å². The van der Waals surface area contributed by atoms with Crippen molar-refractivity contribution in [2.24, 2.45) is 0 Å². The van der Waals surface area contributed by atoms with Gasteiger partial charge >= 0.3 is 0 Å². The molecule has 0 aliphatic heterocycles. The van der Waals surface area contributed by atoms with Gasteiger partial charge in [-0.25, -0.2) is 0 Å². The van der Waals surface area contributed by atoms with Gasteiger partial charge in [0.1, 0.15) is 0 Å². The molecular weight excluding hydrogens is 384 g/mol. The Morgan fingerprint density at radius 1 is 1.07 bits per heavy atom. The number of amides is 2. The molecule has 3 rings (SSSR count). The summed E-state index contributed by atoms with van der Waals surface area (Å²) in [5.41, 5.74) is 2.35. The van der Waals surface area contributed by atoms with Crippen LogP contribution in [-0.4, -0.2) is 18.4 Å². The number of carbonyl (C=O) groups is 2. The highest BCUT2D eigenvalue weighted by Crippen LogP contribution is 2.28. The molecule has 0 aliphatic rings. The van der Waals surface area contributed by atoms with E-state index < -0.39 is 0 Å². The predicted octanol–water partition coefficient (Wildman–Crippen LogP) is 4.88. The van der Waals surface area contributed by atoms with Crippen LogP contribution in [0.2, 0.25) is 0 Å². The molecule has 2 amide bonds. The Hall–Kier alpha value is -2.86. The van der Waals surface area contributed by atoms with Crippen molar-refractivity contribution in [3.05, 3.63) is 81.9 Å². The summed E-state index contributed by atoms with van der Waals surface area (Å²) in [7, 11) is 0. The van der Waals surface area contributed by atoms with E-state index in [1.807, 2.05) is 17.5 Å². The average molecular weight is 411 g/mol. The smallest absolute Gasteiger partial charge is 0.286 e. The molecule has 3 aromatic rings. The molecule has 29 heavy (non-hydrogen) atoms. The number of thiophene rings is 1. The summed E-state index contributed by atoms with van der Waals surface area (Å²) in [5, 5.41) is 7.81. The molecule has 6 heteroatoms. The van der Waals surface area contributed by atoms with Gasteiger partial charge in [0.05, 0.1) is 12.3 Å². The van der Waals surface area contributed by atoms with Gasteiger partial charge in [-0.3, -0.25) is 9.59 Å². The van der Waals surface area contributed by atoms with Crippen LogP contribution in [0.4, 0.5) is 0 Å². The average Bonchev–Trinajstić information content (AvgIpc) is 3.46. The predicted molar refractivity (Wildman–Crippen MR) is 115 cm³/mol. The van der Waals surface area contributed by atoms with Crippen LogP contribution in [0.5, 0.6) is 0 Å². The minimum absolute atomic E-state index is 0.117. The zero-order valence-electron chi connectivity index (χ0n) is 16.7. The minimum Gasteiger partial charge on any atom is -0.459 e. The van der Waals surface area contributed by atoms with Gasteiger partial charge in [0, 0.05) is 17.8 Å². The Morgan fingerprint density at radius 3 is 2.45 bits per heavy atom. The van der Waals surface area contributed by atoms with Crippen molar-refractivity contribution < 1.29 is 14.0 Å². The second-order valence-electron chi connectivity index (χ2n) is 6.98. The molecular formula is C23H26N2O3S. The van der Waals surface area contributed by atoms with Crippen molar-refractivity contribution in [2.45, 2.75) is 38.6 Å². The molecule has 0 radical (unpaired) electrons. The fourth-order valence-electron chi connectivity index (χ4n) is 3.04. The first-order valence-electron chi connectivity index (χ1n) is 9.82. The Morgan fingerprint density at radius 2 is 1.83 bits per heavy atom. The Kier molecular flexibility index (Phi) is 7.25. The van der Waals surface area contributed by atoms with Gasteiger partial charge in [-0.05, 0) is 47.0 Å². The quantitative estimate of drug-likeness (QED) is 0.528. The van der Waals surface area contributed by atoms with Gasteiger partial charge in [-0.1, -0.05) is 44.2 Å². The van der Waals surface area contributed by atoms with Crippen LogP contribution in [0.25, 0.3) is 0 Å². The van der Waals surface area contributed by atoms with Crippen LogP contribution < -0.4 is 10.6 Å². The summed E-state index contributed by atoms with van der Waals surface area (Å²) in [6, 6.07) is 15.5. The summed E-state index contributed by atoms with van der Waals surface area (Å²) in [5.74, 6) is 0.312. The molecule has 2 unspecified atom stereocenters. The van der Waals surface area contributed by atoms with Crippen LogP contribution >= 0.6 is 11.3 Å². The SMILES string of the molecule is CCC(C)c1ccc(C(NC(=O)CCNC(=O)c2ccco2)c2cccs2)cc1. The van der Waals surface area contributed by atoms with Gasteiger partial charge in [-0.2, -0.15) is 0 Å². The van der Waals surface area contributed by atoms with Crippen LogP contribution in [0.1, 0.15) is 65.2 Å². The van der Waals surface area contributed by atoms with Gasteiger partial charge in [-0.15, -0.1) is 11.3 Å². The van der Waals surface area contributed by atoms with Crippen LogP contribution in [0.3, 0.4) is 0 Å². The lowest BCUT2D eigenvalue weighted by atomic mass is 9.95. The van der Waals surface area contributed by atoms with E-state index in [0.29, 0.717) is 5.92 Å². The molecule has 0 bridgehead atoms. The molecule has 5 nitrogen and oxygen atoms in total. The number of benzene rings is 1. The van der Waals surface area contributed by atoms with Crippen molar-refractivity contribution in [2.75, 3.05) is 6.54 Å². The molecule has 2 atom stereocenters. The van der Waals surface area contributed by atoms with Gasteiger partial charge in [0.25, 0.3) is 5.91 Å². The van der Waals surface area contributed by atoms with Crippen LogP contribution in [0.15, 0.2) is 64.6 Å². The highest BCUT2D eigenvalue weighted by molar-refractivity contribution is 7.10. The molecule has 0 spiro atoms.